The fourth-order valence-electron chi connectivity index (χ4n) is 5.65. The number of carbonyl (C=O) groups is 1. The number of allylic oxidation sites excluding steroid dienone is 4. The van der Waals surface area contributed by atoms with Gasteiger partial charge < -0.3 is 19.5 Å². The first-order valence-corrected chi connectivity index (χ1v) is 11.6. The number of nitrogens with zero attached hydrogens (tertiary/aromatic N) is 2. The van der Waals surface area contributed by atoms with Gasteiger partial charge in [0.25, 0.3) is 0 Å². The van der Waals surface area contributed by atoms with Crippen LogP contribution in [-0.4, -0.2) is 47.6 Å². The van der Waals surface area contributed by atoms with E-state index in [1.54, 1.807) is 12.2 Å². The van der Waals surface area contributed by atoms with Crippen molar-refractivity contribution in [3.8, 4) is 0 Å². The van der Waals surface area contributed by atoms with Crippen LogP contribution in [0.15, 0.2) is 65.7 Å². The molecule has 2 fully saturated rings. The van der Waals surface area contributed by atoms with E-state index in [1.807, 2.05) is 11.0 Å². The van der Waals surface area contributed by atoms with Crippen LogP contribution in [-0.2, 0) is 14.3 Å². The fourth-order valence-corrected chi connectivity index (χ4v) is 5.65. The van der Waals surface area contributed by atoms with Gasteiger partial charge in [-0.25, -0.2) is 0 Å². The Morgan fingerprint density at radius 1 is 1.31 bits per heavy atom. The molecule has 1 N–H and O–H groups in total. The minimum absolute atomic E-state index is 0.00741. The van der Waals surface area contributed by atoms with Crippen LogP contribution >= 0.6 is 0 Å². The molecule has 6 heteroatoms. The van der Waals surface area contributed by atoms with E-state index in [9.17, 15) is 9.90 Å². The van der Waals surface area contributed by atoms with Crippen molar-refractivity contribution in [3.63, 3.8) is 0 Å². The molecule has 0 bridgehead atoms. The van der Waals surface area contributed by atoms with Gasteiger partial charge in [0, 0.05) is 31.6 Å². The van der Waals surface area contributed by atoms with Crippen LogP contribution in [0.1, 0.15) is 33.1 Å². The number of hydrogen-bond acceptors (Lipinski definition) is 5. The summed E-state index contributed by atoms with van der Waals surface area (Å²) in [4.78, 5) is 20.0. The van der Waals surface area contributed by atoms with Crippen LogP contribution in [0.4, 0.5) is 0 Å². The molecule has 2 aliphatic heterocycles. The third kappa shape index (κ3) is 4.60. The number of rotatable bonds is 5. The number of aliphatic hydroxyl groups is 1. The Morgan fingerprint density at radius 2 is 2.03 bits per heavy atom. The normalized spacial score (nSPS) is 34.2. The third-order valence-electron chi connectivity index (χ3n) is 6.99. The summed E-state index contributed by atoms with van der Waals surface area (Å²) in [6.45, 7) is 14.1. The summed E-state index contributed by atoms with van der Waals surface area (Å²) in [7, 11) is 0. The quantitative estimate of drug-likeness (QED) is 0.705. The van der Waals surface area contributed by atoms with Gasteiger partial charge in [0.15, 0.2) is 11.5 Å². The van der Waals surface area contributed by atoms with Gasteiger partial charge in [-0.1, -0.05) is 39.2 Å². The summed E-state index contributed by atoms with van der Waals surface area (Å²) in [5.74, 6) is 2.10. The first-order valence-electron chi connectivity index (χ1n) is 11.6. The minimum Gasteiger partial charge on any atom is -0.454 e. The number of hydrogen-bond donors (Lipinski definition) is 1. The van der Waals surface area contributed by atoms with E-state index in [2.05, 4.69) is 38.1 Å². The summed E-state index contributed by atoms with van der Waals surface area (Å²) in [6.07, 6.45) is 10.6. The summed E-state index contributed by atoms with van der Waals surface area (Å²) < 4.78 is 11.1. The topological polar surface area (TPSA) is 71.4 Å². The zero-order chi connectivity index (χ0) is 22.8. The van der Waals surface area contributed by atoms with Crippen LogP contribution in [0.3, 0.4) is 0 Å². The van der Waals surface area contributed by atoms with Crippen molar-refractivity contribution in [1.82, 2.24) is 4.90 Å². The predicted octanol–water partition coefficient (Wildman–Crippen LogP) is 3.98. The molecule has 172 valence electrons. The van der Waals surface area contributed by atoms with E-state index in [0.29, 0.717) is 30.4 Å². The average Bonchev–Trinajstić information content (AvgIpc) is 3.22. The van der Waals surface area contributed by atoms with Crippen LogP contribution < -0.4 is 0 Å². The molecule has 4 aliphatic rings. The molecule has 2 heterocycles. The minimum atomic E-state index is -0.749. The Labute approximate surface area is 190 Å². The molecular formula is C26H34N2O4. The van der Waals surface area contributed by atoms with E-state index in [-0.39, 0.29) is 30.5 Å². The van der Waals surface area contributed by atoms with Crippen molar-refractivity contribution >= 4 is 11.6 Å². The van der Waals surface area contributed by atoms with E-state index >= 15 is 0 Å². The number of likely N-dealkylation sites (tertiary alicyclic amines) is 1. The molecular weight excluding hydrogens is 404 g/mol. The van der Waals surface area contributed by atoms with Crippen molar-refractivity contribution in [2.75, 3.05) is 19.9 Å². The molecule has 0 aromatic carbocycles. The molecule has 2 aliphatic carbocycles. The molecule has 1 amide bonds. The Bertz CT molecular complexity index is 890. The highest BCUT2D eigenvalue weighted by Gasteiger charge is 2.41. The van der Waals surface area contributed by atoms with E-state index < -0.39 is 6.10 Å². The Kier molecular flexibility index (Phi) is 6.70. The fraction of sp³-hybridized carbons (Fsp3) is 0.538. The van der Waals surface area contributed by atoms with Gasteiger partial charge in [-0.2, -0.15) is 0 Å². The molecule has 6 nitrogen and oxygen atoms in total. The van der Waals surface area contributed by atoms with E-state index in [1.165, 1.54) is 6.20 Å². The van der Waals surface area contributed by atoms with Gasteiger partial charge in [-0.3, -0.25) is 9.79 Å². The van der Waals surface area contributed by atoms with Crippen molar-refractivity contribution in [2.24, 2.45) is 34.6 Å². The zero-order valence-corrected chi connectivity index (χ0v) is 19.1. The van der Waals surface area contributed by atoms with Gasteiger partial charge in [0.1, 0.15) is 0 Å². The highest BCUT2D eigenvalue weighted by atomic mass is 16.7. The standard InChI is InChI=1S/C26H34N2O4/c1-5-27-26-18(4)6-8-21(29)25(26)20(19-7-9-22-23(11-19)32-15-31-22)12-24(30)28-13-16(2)10-17(3)14-28/h5-6,8-9,11,16-17,19-21,25,29H,1,4,7,10,12-15H2,2-3H3. The first kappa shape index (κ1) is 22.6. The van der Waals surface area contributed by atoms with E-state index in [0.717, 1.165) is 36.6 Å². The van der Waals surface area contributed by atoms with Crippen molar-refractivity contribution in [2.45, 2.75) is 39.2 Å². The summed E-state index contributed by atoms with van der Waals surface area (Å²) in [6, 6.07) is 0. The second kappa shape index (κ2) is 9.49. The number of piperidine rings is 1. The molecule has 0 aromatic heterocycles. The summed E-state index contributed by atoms with van der Waals surface area (Å²) in [5.41, 5.74) is 1.45. The lowest BCUT2D eigenvalue weighted by Crippen LogP contribution is -2.46. The lowest BCUT2D eigenvalue weighted by molar-refractivity contribution is -0.135. The van der Waals surface area contributed by atoms with Gasteiger partial charge in [0.05, 0.1) is 11.8 Å². The molecule has 0 spiro atoms. The largest absolute Gasteiger partial charge is 0.454 e. The van der Waals surface area contributed by atoms with E-state index in [4.69, 9.17) is 9.47 Å². The number of ether oxygens (including phenoxy) is 2. The monoisotopic (exact) mass is 438 g/mol. The molecule has 4 rings (SSSR count). The van der Waals surface area contributed by atoms with Crippen LogP contribution in [0.2, 0.25) is 0 Å². The zero-order valence-electron chi connectivity index (χ0n) is 19.1. The number of amides is 1. The van der Waals surface area contributed by atoms with Crippen molar-refractivity contribution < 1.29 is 19.4 Å². The third-order valence-corrected chi connectivity index (χ3v) is 6.99. The van der Waals surface area contributed by atoms with Gasteiger partial charge >= 0.3 is 0 Å². The number of aliphatic hydroxyl groups excluding tert-OH is 1. The lowest BCUT2D eigenvalue weighted by Gasteiger charge is -2.40. The maximum Gasteiger partial charge on any atom is 0.231 e. The second-order valence-electron chi connectivity index (χ2n) is 9.62. The molecule has 2 saturated heterocycles. The smallest absolute Gasteiger partial charge is 0.231 e. The summed E-state index contributed by atoms with van der Waals surface area (Å²) in [5, 5.41) is 11.0. The molecule has 6 unspecified atom stereocenters. The van der Waals surface area contributed by atoms with Gasteiger partial charge in [0.2, 0.25) is 12.7 Å². The molecule has 0 saturated carbocycles. The van der Waals surface area contributed by atoms with Crippen molar-refractivity contribution in [1.29, 1.82) is 0 Å². The highest BCUT2D eigenvalue weighted by Crippen LogP contribution is 2.41. The number of aliphatic imine (C=N–C) groups is 1. The van der Waals surface area contributed by atoms with Gasteiger partial charge in [-0.15, -0.1) is 0 Å². The number of carbonyl (C=O) groups excluding carboxylic acids is 1. The SMILES string of the molecule is C=CN=C1C(=C)C=CC(O)C1C(CC(=O)N1CC(C)CC(C)C1)C1C=C2OCOC2=CC1. The molecule has 6 atom stereocenters. The maximum absolute atomic E-state index is 13.5. The number of fused-ring (bicyclic) bond motifs is 1. The maximum atomic E-state index is 13.5. The van der Waals surface area contributed by atoms with Crippen LogP contribution in [0, 0.1) is 29.6 Å². The first-order chi connectivity index (χ1) is 15.4. The van der Waals surface area contributed by atoms with Crippen molar-refractivity contribution in [3.05, 3.63) is 60.8 Å². The Morgan fingerprint density at radius 3 is 2.75 bits per heavy atom. The molecule has 0 aromatic rings. The average molecular weight is 439 g/mol. The molecule has 0 radical (unpaired) electrons. The lowest BCUT2D eigenvalue weighted by atomic mass is 9.69. The van der Waals surface area contributed by atoms with Crippen LogP contribution in [0.25, 0.3) is 0 Å². The van der Waals surface area contributed by atoms with Gasteiger partial charge in [-0.05, 0) is 54.2 Å². The molecule has 32 heavy (non-hydrogen) atoms. The highest BCUT2D eigenvalue weighted by molar-refractivity contribution is 6.05. The Hall–Kier alpha value is -2.60. The summed E-state index contributed by atoms with van der Waals surface area (Å²) >= 11 is 0. The Balaban J connectivity index is 1.65. The second-order valence-corrected chi connectivity index (χ2v) is 9.62. The van der Waals surface area contributed by atoms with Crippen LogP contribution in [0.5, 0.6) is 0 Å². The predicted molar refractivity (Wildman–Crippen MR) is 124 cm³/mol.